The third kappa shape index (κ3) is 5.58. The number of ether oxygens (including phenoxy) is 2. The van der Waals surface area contributed by atoms with Crippen molar-refractivity contribution in [1.29, 1.82) is 0 Å². The molecule has 3 rings (SSSR count). The number of hydrogen-bond donors (Lipinski definition) is 1. The molecule has 0 radical (unpaired) electrons. The van der Waals surface area contributed by atoms with Gasteiger partial charge in [0.1, 0.15) is 6.04 Å². The lowest BCUT2D eigenvalue weighted by Gasteiger charge is -2.23. The van der Waals surface area contributed by atoms with Crippen LogP contribution in [0, 0.1) is 0 Å². The van der Waals surface area contributed by atoms with Crippen LogP contribution in [0.2, 0.25) is 0 Å². The summed E-state index contributed by atoms with van der Waals surface area (Å²) < 4.78 is 37.3. The predicted molar refractivity (Wildman–Crippen MR) is 120 cm³/mol. The van der Waals surface area contributed by atoms with Crippen LogP contribution in [0.3, 0.4) is 0 Å². The van der Waals surface area contributed by atoms with Crippen LogP contribution in [0.15, 0.2) is 53.4 Å². The first-order chi connectivity index (χ1) is 15.8. The van der Waals surface area contributed by atoms with Crippen molar-refractivity contribution < 1.29 is 32.3 Å². The van der Waals surface area contributed by atoms with E-state index in [0.717, 1.165) is 0 Å². The van der Waals surface area contributed by atoms with Gasteiger partial charge in [-0.05, 0) is 57.0 Å². The first-order valence-electron chi connectivity index (χ1n) is 10.6. The fourth-order valence-electron chi connectivity index (χ4n) is 3.61. The van der Waals surface area contributed by atoms with Crippen molar-refractivity contribution in [2.24, 2.45) is 0 Å². The number of sulfonamides is 1. The van der Waals surface area contributed by atoms with Gasteiger partial charge in [-0.1, -0.05) is 18.2 Å². The SMILES string of the molecule is CCOC(=O)c1cc(NC(=O)C2CCCN2S(=O)(=O)c2ccccc2)cc(C(=O)OCC)c1. The number of carbonyl (C=O) groups excluding carboxylic acids is 3. The molecule has 1 heterocycles. The van der Waals surface area contributed by atoms with Gasteiger partial charge in [-0.15, -0.1) is 0 Å². The molecule has 1 aliphatic heterocycles. The van der Waals surface area contributed by atoms with Crippen molar-refractivity contribution in [3.8, 4) is 0 Å². The Bertz CT molecular complexity index is 1100. The third-order valence-corrected chi connectivity index (χ3v) is 7.00. The number of nitrogens with one attached hydrogen (secondary N) is 1. The van der Waals surface area contributed by atoms with Gasteiger partial charge in [0, 0.05) is 12.2 Å². The average Bonchev–Trinajstić information content (AvgIpc) is 3.31. The number of anilines is 1. The lowest BCUT2D eigenvalue weighted by atomic mass is 10.1. The largest absolute Gasteiger partial charge is 0.462 e. The zero-order valence-corrected chi connectivity index (χ0v) is 19.3. The molecular formula is C23H26N2O7S. The van der Waals surface area contributed by atoms with E-state index in [1.54, 1.807) is 32.0 Å². The smallest absolute Gasteiger partial charge is 0.338 e. The van der Waals surface area contributed by atoms with Gasteiger partial charge in [-0.2, -0.15) is 4.31 Å². The molecule has 1 fully saturated rings. The summed E-state index contributed by atoms with van der Waals surface area (Å²) in [5, 5.41) is 2.65. The van der Waals surface area contributed by atoms with E-state index in [4.69, 9.17) is 9.47 Å². The summed E-state index contributed by atoms with van der Waals surface area (Å²) in [4.78, 5) is 37.7. The summed E-state index contributed by atoms with van der Waals surface area (Å²) in [6, 6.07) is 11.1. The number of esters is 2. The molecule has 33 heavy (non-hydrogen) atoms. The minimum atomic E-state index is -3.86. The molecule has 1 unspecified atom stereocenters. The fraction of sp³-hybridized carbons (Fsp3) is 0.348. The van der Waals surface area contributed by atoms with E-state index < -0.39 is 33.9 Å². The third-order valence-electron chi connectivity index (χ3n) is 5.08. The van der Waals surface area contributed by atoms with Crippen molar-refractivity contribution >= 4 is 33.6 Å². The Kier molecular flexibility index (Phi) is 7.83. The summed E-state index contributed by atoms with van der Waals surface area (Å²) in [5.41, 5.74) is 0.299. The van der Waals surface area contributed by atoms with Crippen LogP contribution in [0.4, 0.5) is 5.69 Å². The Morgan fingerprint density at radius 3 is 2.09 bits per heavy atom. The van der Waals surface area contributed by atoms with Crippen molar-refractivity contribution in [3.63, 3.8) is 0 Å². The lowest BCUT2D eigenvalue weighted by molar-refractivity contribution is -0.119. The van der Waals surface area contributed by atoms with E-state index in [1.165, 1.54) is 34.6 Å². The standard InChI is InChI=1S/C23H26N2O7S/c1-3-31-22(27)16-13-17(23(28)32-4-2)15-18(14-16)24-21(26)20-11-8-12-25(20)33(29,30)19-9-6-5-7-10-19/h5-7,9-10,13-15,20H,3-4,8,11-12H2,1-2H3,(H,24,26). The van der Waals surface area contributed by atoms with E-state index in [0.29, 0.717) is 12.8 Å². The average molecular weight is 475 g/mol. The Morgan fingerprint density at radius 1 is 0.970 bits per heavy atom. The van der Waals surface area contributed by atoms with Gasteiger partial charge in [0.05, 0.1) is 29.2 Å². The Balaban J connectivity index is 1.88. The summed E-state index contributed by atoms with van der Waals surface area (Å²) in [5.74, 6) is -1.87. The van der Waals surface area contributed by atoms with Gasteiger partial charge >= 0.3 is 11.9 Å². The van der Waals surface area contributed by atoms with Crippen molar-refractivity contribution in [2.45, 2.75) is 37.6 Å². The Labute approximate surface area is 192 Å². The highest BCUT2D eigenvalue weighted by atomic mass is 32.2. The van der Waals surface area contributed by atoms with E-state index in [2.05, 4.69) is 5.32 Å². The lowest BCUT2D eigenvalue weighted by Crippen LogP contribution is -2.43. The first kappa shape index (κ1) is 24.4. The molecule has 1 aliphatic rings. The van der Waals surface area contributed by atoms with Crippen LogP contribution in [-0.4, -0.2) is 56.4 Å². The number of nitrogens with zero attached hydrogens (tertiary/aromatic N) is 1. The van der Waals surface area contributed by atoms with Crippen LogP contribution in [0.1, 0.15) is 47.4 Å². The second-order valence-electron chi connectivity index (χ2n) is 7.32. The predicted octanol–water partition coefficient (Wildman–Crippen LogP) is 2.83. The normalized spacial score (nSPS) is 16.2. The highest BCUT2D eigenvalue weighted by molar-refractivity contribution is 7.89. The molecule has 1 N–H and O–H groups in total. The maximum atomic E-state index is 13.1. The maximum absolute atomic E-state index is 13.1. The van der Waals surface area contributed by atoms with E-state index in [9.17, 15) is 22.8 Å². The minimum absolute atomic E-state index is 0.0675. The fourth-order valence-corrected chi connectivity index (χ4v) is 5.29. The van der Waals surface area contributed by atoms with Gasteiger partial charge in [-0.3, -0.25) is 4.79 Å². The Hall–Kier alpha value is -3.24. The summed E-state index contributed by atoms with van der Waals surface area (Å²) >= 11 is 0. The molecular weight excluding hydrogens is 448 g/mol. The maximum Gasteiger partial charge on any atom is 0.338 e. The van der Waals surface area contributed by atoms with Crippen LogP contribution in [0.25, 0.3) is 0 Å². The van der Waals surface area contributed by atoms with Crippen molar-refractivity contribution in [2.75, 3.05) is 25.1 Å². The number of benzene rings is 2. The van der Waals surface area contributed by atoms with Crippen molar-refractivity contribution in [3.05, 3.63) is 59.7 Å². The molecule has 1 atom stereocenters. The number of rotatable bonds is 8. The molecule has 0 aliphatic carbocycles. The molecule has 0 saturated carbocycles. The highest BCUT2D eigenvalue weighted by Gasteiger charge is 2.39. The second kappa shape index (κ2) is 10.6. The molecule has 10 heteroatoms. The van der Waals surface area contributed by atoms with Gasteiger partial charge in [-0.25, -0.2) is 18.0 Å². The number of carbonyl (C=O) groups is 3. The Morgan fingerprint density at radius 2 is 1.55 bits per heavy atom. The molecule has 1 amide bonds. The van der Waals surface area contributed by atoms with E-state index in [1.807, 2.05) is 0 Å². The quantitative estimate of drug-likeness (QED) is 0.584. The molecule has 1 saturated heterocycles. The summed E-state index contributed by atoms with van der Waals surface area (Å²) in [7, 11) is -3.86. The van der Waals surface area contributed by atoms with Crippen LogP contribution >= 0.6 is 0 Å². The highest BCUT2D eigenvalue weighted by Crippen LogP contribution is 2.27. The first-order valence-corrected chi connectivity index (χ1v) is 12.1. The van der Waals surface area contributed by atoms with Gasteiger partial charge in [0.2, 0.25) is 15.9 Å². The van der Waals surface area contributed by atoms with Gasteiger partial charge in [0.25, 0.3) is 0 Å². The topological polar surface area (TPSA) is 119 Å². The number of amides is 1. The molecule has 176 valence electrons. The van der Waals surface area contributed by atoms with Crippen LogP contribution < -0.4 is 5.32 Å². The summed E-state index contributed by atoms with van der Waals surface area (Å²) in [6.45, 7) is 3.79. The van der Waals surface area contributed by atoms with Crippen molar-refractivity contribution in [1.82, 2.24) is 4.31 Å². The molecule has 0 aromatic heterocycles. The summed E-state index contributed by atoms with van der Waals surface area (Å²) in [6.07, 6.45) is 0.876. The molecule has 2 aromatic carbocycles. The zero-order chi connectivity index (χ0) is 24.0. The van der Waals surface area contributed by atoms with Gasteiger partial charge < -0.3 is 14.8 Å². The van der Waals surface area contributed by atoms with E-state index in [-0.39, 0.29) is 41.5 Å². The van der Waals surface area contributed by atoms with Crippen LogP contribution in [-0.2, 0) is 24.3 Å². The van der Waals surface area contributed by atoms with E-state index >= 15 is 0 Å². The monoisotopic (exact) mass is 474 g/mol. The molecule has 0 bridgehead atoms. The van der Waals surface area contributed by atoms with Gasteiger partial charge in [0.15, 0.2) is 0 Å². The number of hydrogen-bond acceptors (Lipinski definition) is 7. The minimum Gasteiger partial charge on any atom is -0.462 e. The molecule has 9 nitrogen and oxygen atoms in total. The molecule has 0 spiro atoms. The zero-order valence-electron chi connectivity index (χ0n) is 18.4. The molecule has 2 aromatic rings. The van der Waals surface area contributed by atoms with Crippen LogP contribution in [0.5, 0.6) is 0 Å². The second-order valence-corrected chi connectivity index (χ2v) is 9.21.